The quantitative estimate of drug-likeness (QED) is 0.822. The summed E-state index contributed by atoms with van der Waals surface area (Å²) in [4.78, 5) is 11.7. The molecule has 0 fully saturated rings. The van der Waals surface area contributed by atoms with E-state index in [4.69, 9.17) is 15.2 Å². The lowest BCUT2D eigenvalue weighted by Crippen LogP contribution is -2.51. The second kappa shape index (κ2) is 5.08. The number of hydrogen-bond acceptors (Lipinski definition) is 4. The van der Waals surface area contributed by atoms with Crippen LogP contribution in [0.5, 0.6) is 0 Å². The zero-order chi connectivity index (χ0) is 13.2. The molecule has 1 aliphatic rings. The zero-order valence-electron chi connectivity index (χ0n) is 10.8. The van der Waals surface area contributed by atoms with Gasteiger partial charge in [-0.25, -0.2) is 0 Å². The van der Waals surface area contributed by atoms with E-state index >= 15 is 0 Å². The molecule has 0 amide bonds. The van der Waals surface area contributed by atoms with Crippen molar-refractivity contribution in [2.45, 2.75) is 31.4 Å². The summed E-state index contributed by atoms with van der Waals surface area (Å²) >= 11 is 0. The number of nitrogens with two attached hydrogens (primary N) is 1. The first-order valence-corrected chi connectivity index (χ1v) is 6.08. The minimum atomic E-state index is -0.484. The maximum atomic E-state index is 11.7. The lowest BCUT2D eigenvalue weighted by Gasteiger charge is -2.41. The largest absolute Gasteiger partial charge is 0.469 e. The molecule has 0 bridgehead atoms. The standard InChI is InChI=1S/C14H19NO3/c1-10(15)14(7-13(16)17-2)9-18-8-11-5-3-4-6-12(11)14/h3-6,10H,7-9,15H2,1-2H3. The monoisotopic (exact) mass is 249 g/mol. The van der Waals surface area contributed by atoms with Gasteiger partial charge in [0.1, 0.15) is 0 Å². The minimum absolute atomic E-state index is 0.182. The van der Waals surface area contributed by atoms with Crippen molar-refractivity contribution >= 4 is 5.97 Å². The van der Waals surface area contributed by atoms with E-state index in [0.717, 1.165) is 11.1 Å². The average molecular weight is 249 g/mol. The van der Waals surface area contributed by atoms with Crippen molar-refractivity contribution in [2.24, 2.45) is 5.73 Å². The van der Waals surface area contributed by atoms with Gasteiger partial charge in [0.15, 0.2) is 0 Å². The molecular weight excluding hydrogens is 230 g/mol. The Morgan fingerprint density at radius 3 is 2.94 bits per heavy atom. The Morgan fingerprint density at radius 2 is 2.28 bits per heavy atom. The topological polar surface area (TPSA) is 61.5 Å². The van der Waals surface area contributed by atoms with Gasteiger partial charge in [-0.15, -0.1) is 0 Å². The lowest BCUT2D eigenvalue weighted by atomic mass is 9.70. The van der Waals surface area contributed by atoms with Crippen molar-refractivity contribution in [3.63, 3.8) is 0 Å². The molecule has 0 spiro atoms. The van der Waals surface area contributed by atoms with E-state index in [0.29, 0.717) is 13.2 Å². The second-order valence-corrected chi connectivity index (χ2v) is 4.85. The molecule has 2 rings (SSSR count). The molecular formula is C14H19NO3. The van der Waals surface area contributed by atoms with E-state index in [1.54, 1.807) is 0 Å². The lowest BCUT2D eigenvalue weighted by molar-refractivity contribution is -0.143. The molecule has 98 valence electrons. The molecule has 4 nitrogen and oxygen atoms in total. The second-order valence-electron chi connectivity index (χ2n) is 4.85. The molecule has 2 N–H and O–H groups in total. The smallest absolute Gasteiger partial charge is 0.306 e. The molecule has 4 heteroatoms. The third-order valence-corrected chi connectivity index (χ3v) is 3.73. The minimum Gasteiger partial charge on any atom is -0.469 e. The van der Waals surface area contributed by atoms with E-state index in [-0.39, 0.29) is 18.4 Å². The average Bonchev–Trinajstić information content (AvgIpc) is 2.38. The van der Waals surface area contributed by atoms with E-state index in [1.807, 2.05) is 31.2 Å². The molecule has 0 saturated carbocycles. The van der Waals surface area contributed by atoms with Crippen LogP contribution in [0, 0.1) is 0 Å². The Bertz CT molecular complexity index is 444. The summed E-state index contributed by atoms with van der Waals surface area (Å²) in [5, 5.41) is 0. The molecule has 0 saturated heterocycles. The summed E-state index contributed by atoms with van der Waals surface area (Å²) in [5.74, 6) is -0.257. The Hall–Kier alpha value is -1.39. The van der Waals surface area contributed by atoms with Gasteiger partial charge in [0.25, 0.3) is 0 Å². The van der Waals surface area contributed by atoms with Crippen LogP contribution in [0.25, 0.3) is 0 Å². The van der Waals surface area contributed by atoms with Gasteiger partial charge >= 0.3 is 5.97 Å². The van der Waals surface area contributed by atoms with Gasteiger partial charge in [-0.2, -0.15) is 0 Å². The number of methoxy groups -OCH3 is 1. The Kier molecular flexibility index (Phi) is 3.68. The Morgan fingerprint density at radius 1 is 1.56 bits per heavy atom. The summed E-state index contributed by atoms with van der Waals surface area (Å²) < 4.78 is 10.4. The predicted octanol–water partition coefficient (Wildman–Crippen LogP) is 1.36. The fourth-order valence-electron chi connectivity index (χ4n) is 2.57. The van der Waals surface area contributed by atoms with Crippen LogP contribution in [0.1, 0.15) is 24.5 Å². The number of rotatable bonds is 3. The molecule has 18 heavy (non-hydrogen) atoms. The molecule has 0 radical (unpaired) electrons. The summed E-state index contributed by atoms with van der Waals surface area (Å²) in [6.45, 7) is 2.94. The Labute approximate surface area is 107 Å². The van der Waals surface area contributed by atoms with Crippen molar-refractivity contribution in [2.75, 3.05) is 13.7 Å². The number of carbonyl (C=O) groups excluding carboxylic acids is 1. The molecule has 1 heterocycles. The molecule has 2 unspecified atom stereocenters. The maximum Gasteiger partial charge on any atom is 0.306 e. The van der Waals surface area contributed by atoms with Crippen molar-refractivity contribution in [1.82, 2.24) is 0 Å². The van der Waals surface area contributed by atoms with Crippen LogP contribution in [0.2, 0.25) is 0 Å². The molecule has 1 aromatic rings. The van der Waals surface area contributed by atoms with Gasteiger partial charge in [-0.3, -0.25) is 4.79 Å². The maximum absolute atomic E-state index is 11.7. The van der Waals surface area contributed by atoms with Crippen LogP contribution in [-0.2, 0) is 26.3 Å². The van der Waals surface area contributed by atoms with Crippen LogP contribution in [0.4, 0.5) is 0 Å². The molecule has 2 atom stereocenters. The van der Waals surface area contributed by atoms with E-state index in [1.165, 1.54) is 7.11 Å². The highest BCUT2D eigenvalue weighted by molar-refractivity contribution is 5.72. The SMILES string of the molecule is COC(=O)CC1(C(C)N)COCc2ccccc21. The van der Waals surface area contributed by atoms with Crippen molar-refractivity contribution in [1.29, 1.82) is 0 Å². The van der Waals surface area contributed by atoms with Crippen LogP contribution in [0.3, 0.4) is 0 Å². The molecule has 1 aliphatic heterocycles. The first-order chi connectivity index (χ1) is 8.60. The summed E-state index contributed by atoms with van der Waals surface area (Å²) in [5.41, 5.74) is 7.86. The van der Waals surface area contributed by atoms with Crippen molar-refractivity contribution in [3.8, 4) is 0 Å². The summed E-state index contributed by atoms with van der Waals surface area (Å²) in [6, 6.07) is 7.81. The predicted molar refractivity (Wildman–Crippen MR) is 68.1 cm³/mol. The fourth-order valence-corrected chi connectivity index (χ4v) is 2.57. The van der Waals surface area contributed by atoms with Crippen molar-refractivity contribution in [3.05, 3.63) is 35.4 Å². The van der Waals surface area contributed by atoms with E-state index in [9.17, 15) is 4.79 Å². The van der Waals surface area contributed by atoms with E-state index in [2.05, 4.69) is 0 Å². The van der Waals surface area contributed by atoms with Crippen LogP contribution >= 0.6 is 0 Å². The highest BCUT2D eigenvalue weighted by Crippen LogP contribution is 2.37. The fraction of sp³-hybridized carbons (Fsp3) is 0.500. The van der Waals surface area contributed by atoms with Gasteiger partial charge in [0.2, 0.25) is 0 Å². The van der Waals surface area contributed by atoms with Crippen molar-refractivity contribution < 1.29 is 14.3 Å². The van der Waals surface area contributed by atoms with Crippen LogP contribution < -0.4 is 5.73 Å². The molecule has 1 aromatic carbocycles. The van der Waals surface area contributed by atoms with Crippen LogP contribution in [0.15, 0.2) is 24.3 Å². The summed E-state index contributed by atoms with van der Waals surface area (Å²) in [6.07, 6.45) is 0.248. The summed E-state index contributed by atoms with van der Waals surface area (Å²) in [7, 11) is 1.40. The highest BCUT2D eigenvalue weighted by Gasteiger charge is 2.42. The highest BCUT2D eigenvalue weighted by atomic mass is 16.5. The molecule has 0 aromatic heterocycles. The molecule has 0 aliphatic carbocycles. The number of ether oxygens (including phenoxy) is 2. The Balaban J connectivity index is 2.46. The number of esters is 1. The van der Waals surface area contributed by atoms with Gasteiger partial charge in [0.05, 0.1) is 26.7 Å². The third kappa shape index (κ3) is 2.13. The number of fused-ring (bicyclic) bond motifs is 1. The van der Waals surface area contributed by atoms with E-state index < -0.39 is 5.41 Å². The number of hydrogen-bond donors (Lipinski definition) is 1. The van der Waals surface area contributed by atoms with Gasteiger partial charge < -0.3 is 15.2 Å². The van der Waals surface area contributed by atoms with Gasteiger partial charge in [0, 0.05) is 11.5 Å². The van der Waals surface area contributed by atoms with Gasteiger partial charge in [-0.1, -0.05) is 24.3 Å². The number of carbonyl (C=O) groups is 1. The first kappa shape index (κ1) is 13.1. The zero-order valence-corrected chi connectivity index (χ0v) is 10.8. The van der Waals surface area contributed by atoms with Crippen LogP contribution in [-0.4, -0.2) is 25.7 Å². The third-order valence-electron chi connectivity index (χ3n) is 3.73. The first-order valence-electron chi connectivity index (χ1n) is 6.08. The normalized spacial score (nSPS) is 24.2. The number of benzene rings is 1. The van der Waals surface area contributed by atoms with Gasteiger partial charge in [-0.05, 0) is 18.1 Å².